The number of rotatable bonds is 4. The van der Waals surface area contributed by atoms with Crippen LogP contribution in [0.25, 0.3) is 0 Å². The fraction of sp³-hybridized carbons (Fsp3) is 0.562. The summed E-state index contributed by atoms with van der Waals surface area (Å²) < 4.78 is 19.0. The smallest absolute Gasteiger partial charge is 0.256 e. The largest absolute Gasteiger partial charge is 0.383 e. The first kappa shape index (κ1) is 15.9. The average Bonchev–Trinajstić information content (AvgIpc) is 2.70. The number of hydrogen-bond acceptors (Lipinski definition) is 3. The van der Waals surface area contributed by atoms with E-state index >= 15 is 0 Å². The molecule has 1 saturated heterocycles. The van der Waals surface area contributed by atoms with Gasteiger partial charge in [-0.25, -0.2) is 4.39 Å². The maximum absolute atomic E-state index is 13.9. The second-order valence-electron chi connectivity index (χ2n) is 5.46. The molecule has 1 aromatic carbocycles. The first-order valence-corrected chi connectivity index (χ1v) is 7.38. The summed E-state index contributed by atoms with van der Waals surface area (Å²) in [7, 11) is 1.69. The molecule has 116 valence electrons. The Labute approximate surface area is 125 Å². The molecule has 1 aliphatic heterocycles. The lowest BCUT2D eigenvalue weighted by Gasteiger charge is -2.22. The maximum Gasteiger partial charge on any atom is 0.256 e. The highest BCUT2D eigenvalue weighted by molar-refractivity contribution is 5.94. The quantitative estimate of drug-likeness (QED) is 0.850. The topological polar surface area (TPSA) is 32.8 Å². The molecule has 5 heteroatoms. The summed E-state index contributed by atoms with van der Waals surface area (Å²) in [5.41, 5.74) is 0.997. The Kier molecular flexibility index (Phi) is 5.70. The number of carbonyl (C=O) groups is 1. The molecule has 4 nitrogen and oxygen atoms in total. The highest BCUT2D eigenvalue weighted by atomic mass is 19.1. The van der Waals surface area contributed by atoms with E-state index in [2.05, 4.69) is 4.90 Å². The number of methoxy groups -OCH3 is 1. The summed E-state index contributed by atoms with van der Waals surface area (Å²) in [4.78, 5) is 16.5. The molecule has 0 radical (unpaired) electrons. The van der Waals surface area contributed by atoms with Gasteiger partial charge in [-0.15, -0.1) is 0 Å². The molecule has 1 amide bonds. The van der Waals surface area contributed by atoms with E-state index in [9.17, 15) is 9.18 Å². The molecule has 21 heavy (non-hydrogen) atoms. The van der Waals surface area contributed by atoms with Crippen LogP contribution >= 0.6 is 0 Å². The molecule has 0 saturated carbocycles. The number of nitrogens with zero attached hydrogens (tertiary/aromatic N) is 2. The molecular weight excluding hydrogens is 271 g/mol. The summed E-state index contributed by atoms with van der Waals surface area (Å²) >= 11 is 0. The van der Waals surface area contributed by atoms with Crippen molar-refractivity contribution in [3.05, 3.63) is 35.1 Å². The third kappa shape index (κ3) is 4.25. The van der Waals surface area contributed by atoms with Crippen LogP contribution in [0.3, 0.4) is 0 Å². The first-order valence-electron chi connectivity index (χ1n) is 7.38. The van der Waals surface area contributed by atoms with E-state index in [4.69, 9.17) is 4.74 Å². The summed E-state index contributed by atoms with van der Waals surface area (Å²) in [5.74, 6) is -0.637. The Morgan fingerprint density at radius 3 is 2.81 bits per heavy atom. The predicted octanol–water partition coefficient (Wildman–Crippen LogP) is 1.93. The minimum absolute atomic E-state index is 0.172. The lowest BCUT2D eigenvalue weighted by Crippen LogP contribution is -2.36. The van der Waals surface area contributed by atoms with Crippen molar-refractivity contribution in [1.82, 2.24) is 9.80 Å². The van der Waals surface area contributed by atoms with Gasteiger partial charge in [0.1, 0.15) is 5.82 Å². The SMILES string of the molecule is COCCN1CCCN(C(=O)c2ccc(C)cc2F)CC1. The monoisotopic (exact) mass is 294 g/mol. The molecule has 0 aromatic heterocycles. The molecule has 1 aliphatic rings. The molecule has 2 rings (SSSR count). The number of carbonyl (C=O) groups excluding carboxylic acids is 1. The van der Waals surface area contributed by atoms with E-state index in [-0.39, 0.29) is 11.5 Å². The van der Waals surface area contributed by atoms with E-state index in [0.29, 0.717) is 19.7 Å². The predicted molar refractivity (Wildman–Crippen MR) is 80.0 cm³/mol. The minimum Gasteiger partial charge on any atom is -0.383 e. The van der Waals surface area contributed by atoms with Crippen LogP contribution < -0.4 is 0 Å². The fourth-order valence-corrected chi connectivity index (χ4v) is 2.58. The van der Waals surface area contributed by atoms with Crippen LogP contribution in [0.4, 0.5) is 4.39 Å². The highest BCUT2D eigenvalue weighted by Crippen LogP contribution is 2.14. The second-order valence-corrected chi connectivity index (χ2v) is 5.46. The molecule has 0 atom stereocenters. The average molecular weight is 294 g/mol. The standard InChI is InChI=1S/C16H23FN2O2/c1-13-4-5-14(15(17)12-13)16(20)19-7-3-6-18(8-9-19)10-11-21-2/h4-5,12H,3,6-11H2,1-2H3. The third-order valence-electron chi connectivity index (χ3n) is 3.84. The zero-order chi connectivity index (χ0) is 15.2. The van der Waals surface area contributed by atoms with Gasteiger partial charge in [0.15, 0.2) is 0 Å². The van der Waals surface area contributed by atoms with Crippen molar-refractivity contribution < 1.29 is 13.9 Å². The molecule has 0 unspecified atom stereocenters. The van der Waals surface area contributed by atoms with Crippen molar-refractivity contribution >= 4 is 5.91 Å². The van der Waals surface area contributed by atoms with Crippen molar-refractivity contribution in [2.24, 2.45) is 0 Å². The van der Waals surface area contributed by atoms with Gasteiger partial charge < -0.3 is 9.64 Å². The Hall–Kier alpha value is -1.46. The van der Waals surface area contributed by atoms with Gasteiger partial charge in [0.2, 0.25) is 0 Å². The Bertz CT molecular complexity index is 493. The molecule has 0 aliphatic carbocycles. The van der Waals surface area contributed by atoms with Crippen LogP contribution in [0.1, 0.15) is 22.3 Å². The van der Waals surface area contributed by atoms with Crippen LogP contribution in [-0.2, 0) is 4.74 Å². The summed E-state index contributed by atoms with van der Waals surface area (Å²) in [6.07, 6.45) is 0.906. The van der Waals surface area contributed by atoms with Gasteiger partial charge in [0.05, 0.1) is 12.2 Å². The number of hydrogen-bond donors (Lipinski definition) is 0. The lowest BCUT2D eigenvalue weighted by atomic mass is 10.1. The molecule has 0 N–H and O–H groups in total. The third-order valence-corrected chi connectivity index (χ3v) is 3.84. The van der Waals surface area contributed by atoms with E-state index < -0.39 is 5.82 Å². The molecule has 1 fully saturated rings. The second kappa shape index (κ2) is 7.52. The maximum atomic E-state index is 13.9. The van der Waals surface area contributed by atoms with Crippen molar-refractivity contribution in [2.45, 2.75) is 13.3 Å². The van der Waals surface area contributed by atoms with Crippen molar-refractivity contribution in [2.75, 3.05) is 46.4 Å². The normalized spacial score (nSPS) is 16.8. The first-order chi connectivity index (χ1) is 10.1. The van der Waals surface area contributed by atoms with Crippen molar-refractivity contribution in [1.29, 1.82) is 0 Å². The van der Waals surface area contributed by atoms with E-state index in [1.807, 2.05) is 6.92 Å². The van der Waals surface area contributed by atoms with E-state index in [0.717, 1.165) is 31.6 Å². The van der Waals surface area contributed by atoms with Crippen molar-refractivity contribution in [3.63, 3.8) is 0 Å². The fourth-order valence-electron chi connectivity index (χ4n) is 2.58. The van der Waals surface area contributed by atoms with Gasteiger partial charge in [-0.2, -0.15) is 0 Å². The van der Waals surface area contributed by atoms with Gasteiger partial charge in [0.25, 0.3) is 5.91 Å². The van der Waals surface area contributed by atoms with Crippen molar-refractivity contribution in [3.8, 4) is 0 Å². The molecule has 1 aromatic rings. The number of aryl methyl sites for hydroxylation is 1. The number of amides is 1. The highest BCUT2D eigenvalue weighted by Gasteiger charge is 2.22. The molecule has 1 heterocycles. The summed E-state index contributed by atoms with van der Waals surface area (Å²) in [5, 5.41) is 0. The van der Waals surface area contributed by atoms with Gasteiger partial charge in [-0.1, -0.05) is 6.07 Å². The molecular formula is C16H23FN2O2. The van der Waals surface area contributed by atoms with Gasteiger partial charge in [-0.05, 0) is 37.6 Å². The lowest BCUT2D eigenvalue weighted by molar-refractivity contribution is 0.0754. The van der Waals surface area contributed by atoms with E-state index in [1.54, 1.807) is 24.1 Å². The molecule has 0 spiro atoms. The Balaban J connectivity index is 1.99. The van der Waals surface area contributed by atoms with Gasteiger partial charge in [-0.3, -0.25) is 9.69 Å². The Morgan fingerprint density at radius 2 is 2.10 bits per heavy atom. The van der Waals surface area contributed by atoms with Crippen LogP contribution in [0.2, 0.25) is 0 Å². The van der Waals surface area contributed by atoms with Crippen LogP contribution in [0.15, 0.2) is 18.2 Å². The zero-order valence-corrected chi connectivity index (χ0v) is 12.8. The van der Waals surface area contributed by atoms with E-state index in [1.165, 1.54) is 6.07 Å². The van der Waals surface area contributed by atoms with Gasteiger partial charge >= 0.3 is 0 Å². The van der Waals surface area contributed by atoms with Crippen LogP contribution in [0.5, 0.6) is 0 Å². The van der Waals surface area contributed by atoms with Gasteiger partial charge in [0, 0.05) is 33.3 Å². The number of ether oxygens (including phenoxy) is 1. The van der Waals surface area contributed by atoms with Crippen LogP contribution in [-0.4, -0.2) is 62.1 Å². The number of halogens is 1. The zero-order valence-electron chi connectivity index (χ0n) is 12.8. The summed E-state index contributed by atoms with van der Waals surface area (Å²) in [6, 6.07) is 4.77. The summed E-state index contributed by atoms with van der Waals surface area (Å²) in [6.45, 7) is 6.45. The minimum atomic E-state index is -0.430. The number of benzene rings is 1. The van der Waals surface area contributed by atoms with Crippen LogP contribution in [0, 0.1) is 12.7 Å². The Morgan fingerprint density at radius 1 is 1.29 bits per heavy atom. The molecule has 0 bridgehead atoms.